The van der Waals surface area contributed by atoms with E-state index in [1.165, 1.54) is 0 Å². The molecule has 4 heteroatoms. The summed E-state index contributed by atoms with van der Waals surface area (Å²) in [6.07, 6.45) is 0. The Morgan fingerprint density at radius 2 is 2.12 bits per heavy atom. The molecule has 0 atom stereocenters. The van der Waals surface area contributed by atoms with E-state index >= 15 is 0 Å². The zero-order chi connectivity index (χ0) is 12.3. The molecule has 0 amide bonds. The van der Waals surface area contributed by atoms with Crippen LogP contribution in [0.2, 0.25) is 5.02 Å². The molecule has 0 spiro atoms. The highest BCUT2D eigenvalue weighted by Gasteiger charge is 2.08. The van der Waals surface area contributed by atoms with Crippen molar-refractivity contribution in [1.29, 1.82) is 0 Å². The van der Waals surface area contributed by atoms with Gasteiger partial charge in [-0.3, -0.25) is 0 Å². The van der Waals surface area contributed by atoms with Crippen molar-refractivity contribution in [2.75, 3.05) is 6.54 Å². The van der Waals surface area contributed by atoms with E-state index in [2.05, 4.69) is 28.2 Å². The van der Waals surface area contributed by atoms with E-state index in [0.29, 0.717) is 5.02 Å². The molecule has 0 radical (unpaired) electrons. The van der Waals surface area contributed by atoms with Gasteiger partial charge >= 0.3 is 0 Å². The minimum Gasteiger partial charge on any atom is -0.460 e. The molecule has 0 saturated carbocycles. The summed E-state index contributed by atoms with van der Waals surface area (Å²) in [5, 5.41) is 3.93. The molecule has 0 fully saturated rings. The molecule has 2 aromatic rings. The van der Waals surface area contributed by atoms with Gasteiger partial charge in [-0.2, -0.15) is 0 Å². The van der Waals surface area contributed by atoms with Gasteiger partial charge in [-0.1, -0.05) is 34.5 Å². The third-order valence-corrected chi connectivity index (χ3v) is 3.33. The lowest BCUT2D eigenvalue weighted by Crippen LogP contribution is -2.10. The lowest BCUT2D eigenvalue weighted by Gasteiger charge is -2.02. The summed E-state index contributed by atoms with van der Waals surface area (Å²) in [6, 6.07) is 9.59. The van der Waals surface area contributed by atoms with Gasteiger partial charge in [0, 0.05) is 15.1 Å². The molecular formula is C13H13BrClNO. The van der Waals surface area contributed by atoms with Crippen LogP contribution in [0.25, 0.3) is 11.3 Å². The number of benzene rings is 1. The maximum absolute atomic E-state index is 5.98. The quantitative estimate of drug-likeness (QED) is 0.900. The average Bonchev–Trinajstić information content (AvgIpc) is 2.78. The van der Waals surface area contributed by atoms with Crippen molar-refractivity contribution >= 4 is 27.5 Å². The molecule has 90 valence electrons. The SMILES string of the molecule is CCNCc1ccc(-c2cc(Cl)ccc2Br)o1. The van der Waals surface area contributed by atoms with Crippen molar-refractivity contribution in [2.45, 2.75) is 13.5 Å². The van der Waals surface area contributed by atoms with Gasteiger partial charge in [0.1, 0.15) is 11.5 Å². The first-order valence-corrected chi connectivity index (χ1v) is 6.62. The Bertz CT molecular complexity index is 510. The largest absolute Gasteiger partial charge is 0.460 e. The topological polar surface area (TPSA) is 25.2 Å². The van der Waals surface area contributed by atoms with Gasteiger partial charge in [-0.25, -0.2) is 0 Å². The molecule has 0 bridgehead atoms. The summed E-state index contributed by atoms with van der Waals surface area (Å²) in [4.78, 5) is 0. The van der Waals surface area contributed by atoms with Crippen molar-refractivity contribution in [1.82, 2.24) is 5.32 Å². The van der Waals surface area contributed by atoms with E-state index in [0.717, 1.165) is 34.6 Å². The summed E-state index contributed by atoms with van der Waals surface area (Å²) < 4.78 is 6.73. The first-order valence-electron chi connectivity index (χ1n) is 5.45. The van der Waals surface area contributed by atoms with E-state index in [-0.39, 0.29) is 0 Å². The number of halogens is 2. The molecule has 2 rings (SSSR count). The van der Waals surface area contributed by atoms with Gasteiger partial charge in [0.15, 0.2) is 0 Å². The van der Waals surface area contributed by atoms with Crippen LogP contribution in [0, 0.1) is 0 Å². The molecule has 0 saturated heterocycles. The zero-order valence-corrected chi connectivity index (χ0v) is 11.8. The third kappa shape index (κ3) is 3.12. The predicted octanol–water partition coefficient (Wildman–Crippen LogP) is 4.47. The molecule has 1 aromatic heterocycles. The highest BCUT2D eigenvalue weighted by molar-refractivity contribution is 9.10. The van der Waals surface area contributed by atoms with Crippen LogP contribution in [-0.2, 0) is 6.54 Å². The monoisotopic (exact) mass is 313 g/mol. The standard InChI is InChI=1S/C13H13BrClNO/c1-2-16-8-10-4-6-13(17-10)11-7-9(15)3-5-12(11)14/h3-7,16H,2,8H2,1H3. The fraction of sp³-hybridized carbons (Fsp3) is 0.231. The van der Waals surface area contributed by atoms with E-state index in [4.69, 9.17) is 16.0 Å². The summed E-state index contributed by atoms with van der Waals surface area (Å²) in [5.41, 5.74) is 0.972. The van der Waals surface area contributed by atoms with E-state index in [9.17, 15) is 0 Å². The van der Waals surface area contributed by atoms with Crippen LogP contribution >= 0.6 is 27.5 Å². The van der Waals surface area contributed by atoms with Crippen molar-refractivity contribution in [3.05, 3.63) is 45.6 Å². The van der Waals surface area contributed by atoms with Gasteiger partial charge in [-0.15, -0.1) is 0 Å². The molecule has 1 heterocycles. The molecular weight excluding hydrogens is 302 g/mol. The van der Waals surface area contributed by atoms with E-state index in [1.807, 2.05) is 30.3 Å². The van der Waals surface area contributed by atoms with Crippen LogP contribution in [0.15, 0.2) is 39.2 Å². The molecule has 1 aromatic carbocycles. The molecule has 17 heavy (non-hydrogen) atoms. The number of furan rings is 1. The Morgan fingerprint density at radius 3 is 2.88 bits per heavy atom. The van der Waals surface area contributed by atoms with Gasteiger partial charge in [0.2, 0.25) is 0 Å². The van der Waals surface area contributed by atoms with E-state index < -0.39 is 0 Å². The second-order valence-corrected chi connectivity index (χ2v) is 4.96. The van der Waals surface area contributed by atoms with Crippen molar-refractivity contribution in [2.24, 2.45) is 0 Å². The summed E-state index contributed by atoms with van der Waals surface area (Å²) in [7, 11) is 0. The maximum Gasteiger partial charge on any atom is 0.135 e. The Kier molecular flexibility index (Phi) is 4.26. The second kappa shape index (κ2) is 5.71. The molecule has 0 aliphatic heterocycles. The van der Waals surface area contributed by atoms with Gasteiger partial charge in [0.25, 0.3) is 0 Å². The van der Waals surface area contributed by atoms with Crippen LogP contribution in [-0.4, -0.2) is 6.54 Å². The van der Waals surface area contributed by atoms with Gasteiger partial charge in [0.05, 0.1) is 6.54 Å². The zero-order valence-electron chi connectivity index (χ0n) is 9.47. The lowest BCUT2D eigenvalue weighted by atomic mass is 10.2. The summed E-state index contributed by atoms with van der Waals surface area (Å²) in [5.74, 6) is 1.75. The normalized spacial score (nSPS) is 10.8. The minimum atomic E-state index is 0.702. The maximum atomic E-state index is 5.98. The molecule has 2 nitrogen and oxygen atoms in total. The fourth-order valence-electron chi connectivity index (χ4n) is 1.55. The predicted molar refractivity (Wildman–Crippen MR) is 74.2 cm³/mol. The number of hydrogen-bond acceptors (Lipinski definition) is 2. The van der Waals surface area contributed by atoms with Crippen molar-refractivity contribution < 1.29 is 4.42 Å². The number of rotatable bonds is 4. The Morgan fingerprint density at radius 1 is 1.29 bits per heavy atom. The van der Waals surface area contributed by atoms with Crippen LogP contribution in [0.1, 0.15) is 12.7 Å². The lowest BCUT2D eigenvalue weighted by molar-refractivity contribution is 0.498. The first kappa shape index (κ1) is 12.7. The first-order chi connectivity index (χ1) is 8.20. The highest BCUT2D eigenvalue weighted by atomic mass is 79.9. The number of nitrogens with one attached hydrogen (secondary N) is 1. The highest BCUT2D eigenvalue weighted by Crippen LogP contribution is 2.31. The average molecular weight is 315 g/mol. The Balaban J connectivity index is 2.27. The Hall–Kier alpha value is -0.770. The Labute approximate surface area is 114 Å². The molecule has 0 unspecified atom stereocenters. The van der Waals surface area contributed by atoms with Crippen LogP contribution in [0.5, 0.6) is 0 Å². The van der Waals surface area contributed by atoms with Crippen LogP contribution < -0.4 is 5.32 Å². The van der Waals surface area contributed by atoms with Gasteiger partial charge in [-0.05, 0) is 36.9 Å². The minimum absolute atomic E-state index is 0.702. The smallest absolute Gasteiger partial charge is 0.135 e. The number of hydrogen-bond donors (Lipinski definition) is 1. The second-order valence-electron chi connectivity index (χ2n) is 3.67. The summed E-state index contributed by atoms with van der Waals surface area (Å²) >= 11 is 9.48. The molecule has 0 aliphatic carbocycles. The molecule has 0 aliphatic rings. The van der Waals surface area contributed by atoms with Crippen molar-refractivity contribution in [3.8, 4) is 11.3 Å². The fourth-order valence-corrected chi connectivity index (χ4v) is 2.17. The van der Waals surface area contributed by atoms with Crippen LogP contribution in [0.3, 0.4) is 0 Å². The van der Waals surface area contributed by atoms with Gasteiger partial charge < -0.3 is 9.73 Å². The third-order valence-electron chi connectivity index (χ3n) is 2.40. The van der Waals surface area contributed by atoms with E-state index in [1.54, 1.807) is 0 Å². The summed E-state index contributed by atoms with van der Waals surface area (Å²) in [6.45, 7) is 3.74. The van der Waals surface area contributed by atoms with Crippen LogP contribution in [0.4, 0.5) is 0 Å². The molecule has 1 N–H and O–H groups in total. The van der Waals surface area contributed by atoms with Crippen molar-refractivity contribution in [3.63, 3.8) is 0 Å².